The average molecular weight is 222 g/mol. The lowest BCUT2D eigenvalue weighted by atomic mass is 9.97. The summed E-state index contributed by atoms with van der Waals surface area (Å²) in [4.78, 5) is 4.23. The number of rotatable bonds is 3. The Labute approximate surface area is 97.5 Å². The van der Waals surface area contributed by atoms with Crippen molar-refractivity contribution in [1.82, 2.24) is 20.1 Å². The Morgan fingerprint density at radius 2 is 1.94 bits per heavy atom. The minimum atomic E-state index is 0.678. The highest BCUT2D eigenvalue weighted by Gasteiger charge is 2.11. The van der Waals surface area contributed by atoms with E-state index in [2.05, 4.69) is 15.4 Å². The number of nitrogens with one attached hydrogen (secondary N) is 1. The second kappa shape index (κ2) is 5.99. The highest BCUT2D eigenvalue weighted by molar-refractivity contribution is 4.84. The molecular formula is C12H22N4. The summed E-state index contributed by atoms with van der Waals surface area (Å²) in [6.07, 6.45) is 11.2. The topological polar surface area (TPSA) is 42.7 Å². The van der Waals surface area contributed by atoms with Gasteiger partial charge in [-0.15, -0.1) is 0 Å². The molecule has 1 aromatic heterocycles. The number of hydrogen-bond acceptors (Lipinski definition) is 3. The van der Waals surface area contributed by atoms with Crippen molar-refractivity contribution in [2.24, 2.45) is 7.05 Å². The van der Waals surface area contributed by atoms with Crippen molar-refractivity contribution in [3.8, 4) is 0 Å². The van der Waals surface area contributed by atoms with E-state index in [1.807, 2.05) is 11.7 Å². The Morgan fingerprint density at radius 1 is 1.25 bits per heavy atom. The van der Waals surface area contributed by atoms with Crippen LogP contribution in [0.1, 0.15) is 50.8 Å². The summed E-state index contributed by atoms with van der Waals surface area (Å²) < 4.78 is 1.84. The smallest absolute Gasteiger partial charge is 0.140 e. The molecule has 0 atom stereocenters. The summed E-state index contributed by atoms with van der Waals surface area (Å²) in [5.41, 5.74) is 0. The molecule has 1 N–H and O–H groups in total. The number of hydrogen-bond donors (Lipinski definition) is 1. The van der Waals surface area contributed by atoms with Gasteiger partial charge < -0.3 is 5.32 Å². The maximum Gasteiger partial charge on any atom is 0.140 e. The van der Waals surface area contributed by atoms with Crippen molar-refractivity contribution in [3.63, 3.8) is 0 Å². The number of nitrogens with zero attached hydrogens (tertiary/aromatic N) is 3. The zero-order valence-electron chi connectivity index (χ0n) is 10.2. The van der Waals surface area contributed by atoms with E-state index >= 15 is 0 Å². The van der Waals surface area contributed by atoms with Gasteiger partial charge in [0, 0.05) is 13.1 Å². The molecule has 1 heterocycles. The van der Waals surface area contributed by atoms with Crippen LogP contribution >= 0.6 is 0 Å². The third kappa shape index (κ3) is 3.30. The molecule has 4 heteroatoms. The van der Waals surface area contributed by atoms with Crippen molar-refractivity contribution in [2.75, 3.05) is 0 Å². The summed E-state index contributed by atoms with van der Waals surface area (Å²) in [6, 6.07) is 0.678. The van der Waals surface area contributed by atoms with Crippen LogP contribution in [0.2, 0.25) is 0 Å². The van der Waals surface area contributed by atoms with Gasteiger partial charge in [0.1, 0.15) is 12.2 Å². The Balaban J connectivity index is 1.77. The van der Waals surface area contributed by atoms with Gasteiger partial charge >= 0.3 is 0 Å². The van der Waals surface area contributed by atoms with Gasteiger partial charge in [0.25, 0.3) is 0 Å². The van der Waals surface area contributed by atoms with Gasteiger partial charge in [0.2, 0.25) is 0 Å². The van der Waals surface area contributed by atoms with E-state index in [-0.39, 0.29) is 0 Å². The average Bonchev–Trinajstić information content (AvgIpc) is 2.63. The fraction of sp³-hybridized carbons (Fsp3) is 0.833. The van der Waals surface area contributed by atoms with Crippen LogP contribution in [0.25, 0.3) is 0 Å². The molecule has 0 unspecified atom stereocenters. The quantitative estimate of drug-likeness (QED) is 0.850. The molecule has 16 heavy (non-hydrogen) atoms. The molecule has 0 amide bonds. The van der Waals surface area contributed by atoms with Gasteiger partial charge in [-0.05, 0) is 12.8 Å². The van der Waals surface area contributed by atoms with Gasteiger partial charge in [-0.3, -0.25) is 4.68 Å². The molecule has 1 aliphatic rings. The van der Waals surface area contributed by atoms with E-state index in [0.717, 1.165) is 12.4 Å². The standard InChI is InChI=1S/C12H22N4/c1-16-12(14-10-15-16)9-13-11-7-5-3-2-4-6-8-11/h10-11,13H,2-9H2,1H3. The first kappa shape index (κ1) is 11.6. The maximum atomic E-state index is 4.23. The van der Waals surface area contributed by atoms with Crippen LogP contribution < -0.4 is 5.32 Å². The second-order valence-corrected chi connectivity index (χ2v) is 4.72. The molecule has 0 spiro atoms. The van der Waals surface area contributed by atoms with Crippen LogP contribution in [-0.2, 0) is 13.6 Å². The molecule has 0 aliphatic heterocycles. The molecule has 1 saturated carbocycles. The molecule has 1 fully saturated rings. The lowest BCUT2D eigenvalue weighted by Gasteiger charge is -2.20. The van der Waals surface area contributed by atoms with Crippen molar-refractivity contribution in [3.05, 3.63) is 12.2 Å². The summed E-state index contributed by atoms with van der Waals surface area (Å²) in [5, 5.41) is 7.69. The van der Waals surface area contributed by atoms with Gasteiger partial charge in [0.05, 0.1) is 6.54 Å². The summed E-state index contributed by atoms with van der Waals surface area (Å²) in [5.74, 6) is 1.03. The second-order valence-electron chi connectivity index (χ2n) is 4.72. The maximum absolute atomic E-state index is 4.23. The van der Waals surface area contributed by atoms with Crippen LogP contribution in [-0.4, -0.2) is 20.8 Å². The van der Waals surface area contributed by atoms with Crippen molar-refractivity contribution in [1.29, 1.82) is 0 Å². The van der Waals surface area contributed by atoms with Gasteiger partial charge in [-0.25, -0.2) is 4.98 Å². The van der Waals surface area contributed by atoms with Crippen LogP contribution in [0.5, 0.6) is 0 Å². The molecule has 0 radical (unpaired) electrons. The largest absolute Gasteiger partial charge is 0.307 e. The van der Waals surface area contributed by atoms with Crippen LogP contribution in [0.4, 0.5) is 0 Å². The summed E-state index contributed by atoms with van der Waals surface area (Å²) in [6.45, 7) is 0.848. The van der Waals surface area contributed by atoms with Gasteiger partial charge in [0.15, 0.2) is 0 Å². The molecule has 4 nitrogen and oxygen atoms in total. The highest BCUT2D eigenvalue weighted by atomic mass is 15.3. The molecule has 1 aromatic rings. The van der Waals surface area contributed by atoms with E-state index in [0.29, 0.717) is 6.04 Å². The fourth-order valence-corrected chi connectivity index (χ4v) is 2.38. The predicted molar refractivity (Wildman–Crippen MR) is 63.9 cm³/mol. The molecule has 90 valence electrons. The predicted octanol–water partition coefficient (Wildman–Crippen LogP) is 2.02. The zero-order valence-corrected chi connectivity index (χ0v) is 10.2. The Hall–Kier alpha value is -0.900. The first-order chi connectivity index (χ1) is 7.86. The molecule has 0 saturated heterocycles. The lowest BCUT2D eigenvalue weighted by Crippen LogP contribution is -2.30. The Kier molecular flexibility index (Phi) is 4.34. The third-order valence-electron chi connectivity index (χ3n) is 3.46. The van der Waals surface area contributed by atoms with Crippen molar-refractivity contribution < 1.29 is 0 Å². The normalized spacial score (nSPS) is 19.3. The molecule has 1 aliphatic carbocycles. The third-order valence-corrected chi connectivity index (χ3v) is 3.46. The van der Waals surface area contributed by atoms with Crippen molar-refractivity contribution in [2.45, 2.75) is 57.5 Å². The van der Waals surface area contributed by atoms with E-state index in [4.69, 9.17) is 0 Å². The molecule has 2 rings (SSSR count). The van der Waals surface area contributed by atoms with Crippen LogP contribution in [0.3, 0.4) is 0 Å². The van der Waals surface area contributed by atoms with E-state index in [1.165, 1.54) is 44.9 Å². The SMILES string of the molecule is Cn1ncnc1CNC1CCCCCCC1. The van der Waals surface area contributed by atoms with Gasteiger partial charge in [-0.1, -0.05) is 32.1 Å². The number of aromatic nitrogens is 3. The van der Waals surface area contributed by atoms with Gasteiger partial charge in [-0.2, -0.15) is 5.10 Å². The zero-order chi connectivity index (χ0) is 11.2. The molecule has 0 aromatic carbocycles. The van der Waals surface area contributed by atoms with E-state index in [9.17, 15) is 0 Å². The first-order valence-electron chi connectivity index (χ1n) is 6.42. The van der Waals surface area contributed by atoms with E-state index in [1.54, 1.807) is 6.33 Å². The van der Waals surface area contributed by atoms with E-state index < -0.39 is 0 Å². The fourth-order valence-electron chi connectivity index (χ4n) is 2.38. The van der Waals surface area contributed by atoms with Crippen molar-refractivity contribution >= 4 is 0 Å². The summed E-state index contributed by atoms with van der Waals surface area (Å²) in [7, 11) is 1.95. The minimum Gasteiger partial charge on any atom is -0.307 e. The molecule has 0 bridgehead atoms. The summed E-state index contributed by atoms with van der Waals surface area (Å²) >= 11 is 0. The highest BCUT2D eigenvalue weighted by Crippen LogP contribution is 2.17. The number of aryl methyl sites for hydroxylation is 1. The Morgan fingerprint density at radius 3 is 2.56 bits per heavy atom. The lowest BCUT2D eigenvalue weighted by molar-refractivity contribution is 0.383. The first-order valence-corrected chi connectivity index (χ1v) is 6.42. The minimum absolute atomic E-state index is 0.678. The van der Waals surface area contributed by atoms with Crippen LogP contribution in [0.15, 0.2) is 6.33 Å². The molecular weight excluding hydrogens is 200 g/mol. The monoisotopic (exact) mass is 222 g/mol. The van der Waals surface area contributed by atoms with Crippen LogP contribution in [0, 0.1) is 0 Å². The Bertz CT molecular complexity index is 300.